The van der Waals surface area contributed by atoms with Gasteiger partial charge in [-0.15, -0.1) is 0 Å². The van der Waals surface area contributed by atoms with Crippen LogP contribution in [-0.4, -0.2) is 16.8 Å². The molecule has 1 heterocycles. The van der Waals surface area contributed by atoms with Crippen LogP contribution in [0.3, 0.4) is 0 Å². The Kier molecular flexibility index (Phi) is 4.03. The van der Waals surface area contributed by atoms with Crippen LogP contribution in [0.25, 0.3) is 0 Å². The largest absolute Gasteiger partial charge is 0.493 e. The fourth-order valence-electron chi connectivity index (χ4n) is 1.96. The number of nitrogens with one attached hydrogen (secondary N) is 1. The highest BCUT2D eigenvalue weighted by molar-refractivity contribution is 5.35. The normalized spacial score (nSPS) is 10.9. The molecule has 0 amide bonds. The first-order valence-electron chi connectivity index (χ1n) is 6.39. The number of hydrogen-bond donors (Lipinski definition) is 1. The van der Waals surface area contributed by atoms with Gasteiger partial charge in [-0.05, 0) is 30.5 Å². The Hall–Kier alpha value is -1.77. The molecule has 0 aliphatic rings. The minimum atomic E-state index is 0.480. The van der Waals surface area contributed by atoms with Crippen LogP contribution in [-0.2, 0) is 6.42 Å². The highest BCUT2D eigenvalue weighted by Crippen LogP contribution is 2.25. The summed E-state index contributed by atoms with van der Waals surface area (Å²) in [5.41, 5.74) is 3.40. The van der Waals surface area contributed by atoms with Crippen molar-refractivity contribution in [1.82, 2.24) is 10.2 Å². The van der Waals surface area contributed by atoms with Crippen molar-refractivity contribution in [2.45, 2.75) is 33.1 Å². The van der Waals surface area contributed by atoms with Crippen LogP contribution in [0, 0.1) is 6.92 Å². The van der Waals surface area contributed by atoms with Gasteiger partial charge in [-0.3, -0.25) is 5.10 Å². The van der Waals surface area contributed by atoms with Crippen molar-refractivity contribution in [3.63, 3.8) is 0 Å². The zero-order valence-corrected chi connectivity index (χ0v) is 11.2. The van der Waals surface area contributed by atoms with Crippen molar-refractivity contribution in [2.75, 3.05) is 6.61 Å². The Morgan fingerprint density at radius 3 is 2.72 bits per heavy atom. The van der Waals surface area contributed by atoms with E-state index in [-0.39, 0.29) is 0 Å². The Morgan fingerprint density at radius 1 is 1.28 bits per heavy atom. The molecule has 0 unspecified atom stereocenters. The van der Waals surface area contributed by atoms with E-state index in [1.54, 1.807) is 0 Å². The second kappa shape index (κ2) is 5.71. The minimum Gasteiger partial charge on any atom is -0.493 e. The predicted molar refractivity (Wildman–Crippen MR) is 73.1 cm³/mol. The van der Waals surface area contributed by atoms with Crippen LogP contribution in [0.4, 0.5) is 0 Å². The summed E-state index contributed by atoms with van der Waals surface area (Å²) in [6, 6.07) is 10.3. The maximum Gasteiger partial charge on any atom is 0.122 e. The molecule has 2 rings (SSSR count). The third kappa shape index (κ3) is 3.13. The van der Waals surface area contributed by atoms with E-state index in [1.165, 1.54) is 5.56 Å². The zero-order valence-electron chi connectivity index (χ0n) is 11.2. The lowest BCUT2D eigenvalue weighted by Gasteiger charge is -2.13. The first-order valence-corrected chi connectivity index (χ1v) is 6.39. The van der Waals surface area contributed by atoms with Crippen molar-refractivity contribution in [3.8, 4) is 5.75 Å². The van der Waals surface area contributed by atoms with E-state index in [4.69, 9.17) is 4.74 Å². The number of H-pyrrole nitrogens is 1. The van der Waals surface area contributed by atoms with Crippen LogP contribution in [0.2, 0.25) is 0 Å². The highest BCUT2D eigenvalue weighted by Gasteiger charge is 2.07. The molecule has 1 N–H and O–H groups in total. The van der Waals surface area contributed by atoms with Gasteiger partial charge in [-0.1, -0.05) is 32.0 Å². The summed E-state index contributed by atoms with van der Waals surface area (Å²) in [4.78, 5) is 0. The van der Waals surface area contributed by atoms with Gasteiger partial charge in [0.15, 0.2) is 0 Å². The molecule has 0 saturated carbocycles. The lowest BCUT2D eigenvalue weighted by molar-refractivity contribution is 0.316. The molecule has 2 aromatic rings. The first kappa shape index (κ1) is 12.7. The van der Waals surface area contributed by atoms with E-state index < -0.39 is 0 Å². The number of aryl methyl sites for hydroxylation is 1. The fraction of sp³-hybridized carbons (Fsp3) is 0.400. The Labute approximate surface area is 108 Å². The summed E-state index contributed by atoms with van der Waals surface area (Å²) >= 11 is 0. The van der Waals surface area contributed by atoms with Gasteiger partial charge in [0.25, 0.3) is 0 Å². The number of aromatic nitrogens is 2. The molecular weight excluding hydrogens is 224 g/mol. The summed E-state index contributed by atoms with van der Waals surface area (Å²) in [6.07, 6.45) is 0.830. The van der Waals surface area contributed by atoms with Crippen LogP contribution < -0.4 is 4.74 Å². The van der Waals surface area contributed by atoms with E-state index in [9.17, 15) is 0 Å². The van der Waals surface area contributed by atoms with Crippen molar-refractivity contribution in [3.05, 3.63) is 47.3 Å². The van der Waals surface area contributed by atoms with Gasteiger partial charge in [0.2, 0.25) is 0 Å². The molecule has 0 spiro atoms. The predicted octanol–water partition coefficient (Wildman–Crippen LogP) is 3.46. The average Bonchev–Trinajstić information content (AvgIpc) is 2.75. The molecular formula is C15H20N2O. The van der Waals surface area contributed by atoms with Crippen molar-refractivity contribution in [1.29, 1.82) is 0 Å². The first-order chi connectivity index (χ1) is 8.66. The molecule has 0 radical (unpaired) electrons. The molecule has 0 atom stereocenters. The molecule has 0 aliphatic heterocycles. The van der Waals surface area contributed by atoms with Gasteiger partial charge in [0.1, 0.15) is 5.75 Å². The minimum absolute atomic E-state index is 0.480. The molecule has 0 aliphatic carbocycles. The number of aromatic amines is 1. The third-order valence-electron chi connectivity index (χ3n) is 2.92. The van der Waals surface area contributed by atoms with Crippen LogP contribution >= 0.6 is 0 Å². The second-order valence-electron chi connectivity index (χ2n) is 4.83. The average molecular weight is 244 g/mol. The fourth-order valence-corrected chi connectivity index (χ4v) is 1.96. The standard InChI is InChI=1S/C15H20N2O/c1-11(2)14-6-4-5-7-15(14)18-9-8-13-10-12(3)16-17-13/h4-7,10-11H,8-9H2,1-3H3,(H,16,17). The molecule has 3 nitrogen and oxygen atoms in total. The van der Waals surface area contributed by atoms with Gasteiger partial charge in [0.05, 0.1) is 12.3 Å². The van der Waals surface area contributed by atoms with Crippen molar-refractivity contribution < 1.29 is 4.74 Å². The molecule has 96 valence electrons. The van der Waals surface area contributed by atoms with Gasteiger partial charge >= 0.3 is 0 Å². The number of para-hydroxylation sites is 1. The molecule has 0 fully saturated rings. The number of benzene rings is 1. The molecule has 1 aromatic heterocycles. The van der Waals surface area contributed by atoms with Gasteiger partial charge < -0.3 is 4.74 Å². The Morgan fingerprint density at radius 2 is 2.06 bits per heavy atom. The number of hydrogen-bond acceptors (Lipinski definition) is 2. The van der Waals surface area contributed by atoms with Gasteiger partial charge in [-0.25, -0.2) is 0 Å². The summed E-state index contributed by atoms with van der Waals surface area (Å²) in [7, 11) is 0. The Bertz CT molecular complexity index is 503. The second-order valence-corrected chi connectivity index (χ2v) is 4.83. The van der Waals surface area contributed by atoms with E-state index in [0.717, 1.165) is 23.6 Å². The third-order valence-corrected chi connectivity index (χ3v) is 2.92. The van der Waals surface area contributed by atoms with Gasteiger partial charge in [-0.2, -0.15) is 5.10 Å². The van der Waals surface area contributed by atoms with Crippen LogP contribution in [0.15, 0.2) is 30.3 Å². The molecule has 0 saturated heterocycles. The number of ether oxygens (including phenoxy) is 1. The Balaban J connectivity index is 1.94. The molecule has 1 aromatic carbocycles. The highest BCUT2D eigenvalue weighted by atomic mass is 16.5. The monoisotopic (exact) mass is 244 g/mol. The summed E-state index contributed by atoms with van der Waals surface area (Å²) in [5.74, 6) is 1.47. The smallest absolute Gasteiger partial charge is 0.122 e. The maximum atomic E-state index is 5.86. The van der Waals surface area contributed by atoms with Crippen LogP contribution in [0.1, 0.15) is 36.7 Å². The summed E-state index contributed by atoms with van der Waals surface area (Å²) in [5, 5.41) is 7.14. The molecule has 18 heavy (non-hydrogen) atoms. The summed E-state index contributed by atoms with van der Waals surface area (Å²) < 4.78 is 5.86. The van der Waals surface area contributed by atoms with Gasteiger partial charge in [0, 0.05) is 12.1 Å². The maximum absolute atomic E-state index is 5.86. The quantitative estimate of drug-likeness (QED) is 0.874. The number of nitrogens with zero attached hydrogens (tertiary/aromatic N) is 1. The lowest BCUT2D eigenvalue weighted by atomic mass is 10.0. The van der Waals surface area contributed by atoms with E-state index in [1.807, 2.05) is 19.1 Å². The SMILES string of the molecule is Cc1cc(CCOc2ccccc2C(C)C)n[nH]1. The van der Waals surface area contributed by atoms with Crippen LogP contribution in [0.5, 0.6) is 5.75 Å². The topological polar surface area (TPSA) is 37.9 Å². The number of rotatable bonds is 5. The van der Waals surface area contributed by atoms with E-state index in [2.05, 4.69) is 42.2 Å². The zero-order chi connectivity index (χ0) is 13.0. The molecule has 3 heteroatoms. The van der Waals surface area contributed by atoms with Crippen molar-refractivity contribution >= 4 is 0 Å². The lowest BCUT2D eigenvalue weighted by Crippen LogP contribution is -2.04. The van der Waals surface area contributed by atoms with E-state index >= 15 is 0 Å². The van der Waals surface area contributed by atoms with Crippen molar-refractivity contribution in [2.24, 2.45) is 0 Å². The molecule has 0 bridgehead atoms. The van der Waals surface area contributed by atoms with E-state index in [0.29, 0.717) is 12.5 Å². The summed E-state index contributed by atoms with van der Waals surface area (Å²) in [6.45, 7) is 7.03.